The Hall–Kier alpha value is -1.00. The van der Waals surface area contributed by atoms with Gasteiger partial charge in [-0.05, 0) is 40.7 Å². The van der Waals surface area contributed by atoms with Crippen LogP contribution < -0.4 is 5.32 Å². The van der Waals surface area contributed by atoms with Crippen LogP contribution in [0, 0.1) is 0 Å². The van der Waals surface area contributed by atoms with E-state index in [0.717, 1.165) is 12.1 Å². The molecule has 1 unspecified atom stereocenters. The maximum atomic E-state index is 10.3. The predicted octanol–water partition coefficient (Wildman–Crippen LogP) is 1.46. The Morgan fingerprint density at radius 1 is 1.19 bits per heavy atom. The summed E-state index contributed by atoms with van der Waals surface area (Å²) in [5.74, 6) is 0. The van der Waals surface area contributed by atoms with Crippen LogP contribution in [0.1, 0.15) is 39.7 Å². The second-order valence-corrected chi connectivity index (χ2v) is 5.33. The molecule has 0 aliphatic heterocycles. The third kappa shape index (κ3) is 4.24. The van der Waals surface area contributed by atoms with E-state index in [1.54, 1.807) is 19.3 Å². The van der Waals surface area contributed by atoms with Crippen molar-refractivity contribution in [1.82, 2.24) is 15.3 Å². The summed E-state index contributed by atoms with van der Waals surface area (Å²) < 4.78 is 0. The van der Waals surface area contributed by atoms with Gasteiger partial charge in [0, 0.05) is 23.5 Å². The van der Waals surface area contributed by atoms with Gasteiger partial charge < -0.3 is 10.4 Å². The van der Waals surface area contributed by atoms with E-state index in [2.05, 4.69) is 36.1 Å². The lowest BCUT2D eigenvalue weighted by atomic mass is 9.94. The van der Waals surface area contributed by atoms with Gasteiger partial charge in [-0.15, -0.1) is 0 Å². The minimum Gasteiger partial charge on any atom is -0.385 e. The zero-order valence-corrected chi connectivity index (χ0v) is 10.5. The third-order valence-corrected chi connectivity index (χ3v) is 2.45. The minimum absolute atomic E-state index is 0.0727. The lowest BCUT2D eigenvalue weighted by molar-refractivity contribution is 0.0457. The molecular formula is C12H21N3O. The normalized spacial score (nSPS) is 15.8. The van der Waals surface area contributed by atoms with E-state index in [1.165, 1.54) is 6.33 Å². The van der Waals surface area contributed by atoms with Crippen LogP contribution in [0.15, 0.2) is 18.7 Å². The van der Waals surface area contributed by atoms with Crippen LogP contribution >= 0.6 is 0 Å². The third-order valence-electron chi connectivity index (χ3n) is 2.45. The summed E-state index contributed by atoms with van der Waals surface area (Å²) in [6.07, 6.45) is 5.42. The van der Waals surface area contributed by atoms with Crippen molar-refractivity contribution in [2.24, 2.45) is 0 Å². The Morgan fingerprint density at radius 3 is 2.25 bits per heavy atom. The van der Waals surface area contributed by atoms with Crippen LogP contribution in [0.4, 0.5) is 0 Å². The lowest BCUT2D eigenvalue weighted by Crippen LogP contribution is -2.39. The molecular weight excluding hydrogens is 202 g/mol. The summed E-state index contributed by atoms with van der Waals surface area (Å²) >= 11 is 0. The van der Waals surface area contributed by atoms with Gasteiger partial charge in [0.2, 0.25) is 0 Å². The maximum absolute atomic E-state index is 10.3. The Balaban J connectivity index is 2.53. The molecule has 1 aromatic rings. The molecule has 1 rings (SSSR count). The van der Waals surface area contributed by atoms with Crippen molar-refractivity contribution >= 4 is 0 Å². The summed E-state index contributed by atoms with van der Waals surface area (Å²) in [5, 5.41) is 13.6. The number of aliphatic hydroxyl groups is 1. The van der Waals surface area contributed by atoms with Crippen LogP contribution in [-0.4, -0.2) is 27.2 Å². The second kappa shape index (κ2) is 4.89. The molecule has 0 aromatic carbocycles. The molecule has 0 aliphatic rings. The van der Waals surface area contributed by atoms with Gasteiger partial charge >= 0.3 is 0 Å². The molecule has 0 radical (unpaired) electrons. The molecule has 1 atom stereocenters. The van der Waals surface area contributed by atoms with Gasteiger partial charge in [0.05, 0.1) is 5.60 Å². The Bertz CT molecular complexity index is 317. The largest absolute Gasteiger partial charge is 0.385 e. The smallest absolute Gasteiger partial charge is 0.115 e. The minimum atomic E-state index is -0.875. The predicted molar refractivity (Wildman–Crippen MR) is 64.0 cm³/mol. The average molecular weight is 223 g/mol. The quantitative estimate of drug-likeness (QED) is 0.811. The molecule has 0 saturated carbocycles. The van der Waals surface area contributed by atoms with Crippen LogP contribution in [0.3, 0.4) is 0 Å². The van der Waals surface area contributed by atoms with Crippen molar-refractivity contribution in [3.63, 3.8) is 0 Å². The van der Waals surface area contributed by atoms with Crippen LogP contribution in [0.25, 0.3) is 0 Å². The van der Waals surface area contributed by atoms with Crippen molar-refractivity contribution in [2.45, 2.75) is 45.3 Å². The molecule has 0 fully saturated rings. The van der Waals surface area contributed by atoms with Gasteiger partial charge in [-0.25, -0.2) is 9.97 Å². The molecule has 0 spiro atoms. The first-order valence-electron chi connectivity index (χ1n) is 5.54. The molecule has 0 aliphatic carbocycles. The fourth-order valence-electron chi connectivity index (χ4n) is 1.40. The van der Waals surface area contributed by atoms with Gasteiger partial charge in [-0.3, -0.25) is 0 Å². The first-order valence-corrected chi connectivity index (χ1v) is 5.54. The maximum Gasteiger partial charge on any atom is 0.115 e. The van der Waals surface area contributed by atoms with Crippen LogP contribution in [0.2, 0.25) is 0 Å². The summed E-state index contributed by atoms with van der Waals surface area (Å²) in [6, 6.07) is 0. The van der Waals surface area contributed by atoms with Crippen molar-refractivity contribution in [3.05, 3.63) is 24.3 Å². The van der Waals surface area contributed by atoms with E-state index < -0.39 is 5.60 Å². The van der Waals surface area contributed by atoms with Gasteiger partial charge in [-0.2, -0.15) is 0 Å². The fraction of sp³-hybridized carbons (Fsp3) is 0.667. The molecule has 1 heterocycles. The number of nitrogens with one attached hydrogen (secondary N) is 1. The fourth-order valence-corrected chi connectivity index (χ4v) is 1.40. The van der Waals surface area contributed by atoms with Crippen molar-refractivity contribution < 1.29 is 5.11 Å². The number of hydrogen-bond donors (Lipinski definition) is 2. The number of nitrogens with zero attached hydrogens (tertiary/aromatic N) is 2. The lowest BCUT2D eigenvalue weighted by Gasteiger charge is -2.26. The zero-order chi connectivity index (χ0) is 12.2. The molecule has 4 nitrogen and oxygen atoms in total. The molecule has 0 amide bonds. The Labute approximate surface area is 97.1 Å². The van der Waals surface area contributed by atoms with Crippen molar-refractivity contribution in [3.8, 4) is 0 Å². The van der Waals surface area contributed by atoms with Crippen molar-refractivity contribution in [2.75, 3.05) is 6.54 Å². The molecule has 0 saturated heterocycles. The number of hydrogen-bond acceptors (Lipinski definition) is 4. The van der Waals surface area contributed by atoms with E-state index >= 15 is 0 Å². The first-order chi connectivity index (χ1) is 7.31. The standard InChI is InChI=1S/C12H21N3O/c1-11(2,3)15-6-5-12(4,16)10-7-13-9-14-8-10/h7-9,15-16H,5-6H2,1-4H3. The first kappa shape index (κ1) is 13.1. The average Bonchev–Trinajstić information content (AvgIpc) is 2.17. The van der Waals surface area contributed by atoms with Crippen LogP contribution in [0.5, 0.6) is 0 Å². The van der Waals surface area contributed by atoms with E-state index in [9.17, 15) is 5.11 Å². The van der Waals surface area contributed by atoms with Crippen molar-refractivity contribution in [1.29, 1.82) is 0 Å². The van der Waals surface area contributed by atoms with Gasteiger partial charge in [-0.1, -0.05) is 0 Å². The number of aromatic nitrogens is 2. The molecule has 2 N–H and O–H groups in total. The summed E-state index contributed by atoms with van der Waals surface area (Å²) in [6.45, 7) is 8.86. The summed E-state index contributed by atoms with van der Waals surface area (Å²) in [7, 11) is 0. The highest BCUT2D eigenvalue weighted by molar-refractivity contribution is 5.12. The molecule has 4 heteroatoms. The molecule has 16 heavy (non-hydrogen) atoms. The second-order valence-electron chi connectivity index (χ2n) is 5.33. The number of rotatable bonds is 4. The van der Waals surface area contributed by atoms with Gasteiger partial charge in [0.1, 0.15) is 6.33 Å². The molecule has 0 bridgehead atoms. The van der Waals surface area contributed by atoms with Gasteiger partial charge in [0.15, 0.2) is 0 Å². The highest BCUT2D eigenvalue weighted by atomic mass is 16.3. The Morgan fingerprint density at radius 2 is 1.75 bits per heavy atom. The summed E-state index contributed by atoms with van der Waals surface area (Å²) in [5.41, 5.74) is -0.0475. The van der Waals surface area contributed by atoms with Crippen LogP contribution in [-0.2, 0) is 5.60 Å². The van der Waals surface area contributed by atoms with E-state index in [-0.39, 0.29) is 5.54 Å². The highest BCUT2D eigenvalue weighted by Crippen LogP contribution is 2.22. The Kier molecular flexibility index (Phi) is 3.99. The highest BCUT2D eigenvalue weighted by Gasteiger charge is 2.23. The van der Waals surface area contributed by atoms with E-state index in [0.29, 0.717) is 6.42 Å². The zero-order valence-electron chi connectivity index (χ0n) is 10.5. The van der Waals surface area contributed by atoms with E-state index in [1.807, 2.05) is 0 Å². The van der Waals surface area contributed by atoms with E-state index in [4.69, 9.17) is 0 Å². The molecule has 1 aromatic heterocycles. The summed E-state index contributed by atoms with van der Waals surface area (Å²) in [4.78, 5) is 7.83. The monoisotopic (exact) mass is 223 g/mol. The van der Waals surface area contributed by atoms with Gasteiger partial charge in [0.25, 0.3) is 0 Å². The SMILES string of the molecule is CC(C)(C)NCCC(C)(O)c1cncnc1. The topological polar surface area (TPSA) is 58.0 Å². The molecule has 90 valence electrons.